The second kappa shape index (κ2) is 9.73. The SMILES string of the molecule is COc1ccc(C(=O)c2oc3ccccc3c2NC(=O)C(C)Oc2cc(C)cc(C)c2)cc1Br. The first-order valence-corrected chi connectivity index (χ1v) is 11.5. The standard InChI is InChI=1S/C27H24BrNO5/c1-15-11-16(2)13-19(12-15)33-17(3)27(31)29-24-20-7-5-6-8-22(20)34-26(24)25(30)18-9-10-23(32-4)21(28)14-18/h5-14,17H,1-4H3,(H,29,31). The summed E-state index contributed by atoms with van der Waals surface area (Å²) in [5.74, 6) is 0.502. The molecule has 1 unspecified atom stereocenters. The minimum atomic E-state index is -0.798. The number of fused-ring (bicyclic) bond motifs is 1. The molecular weight excluding hydrogens is 498 g/mol. The Morgan fingerprint density at radius 1 is 1.00 bits per heavy atom. The molecule has 7 heteroatoms. The maximum atomic E-state index is 13.4. The van der Waals surface area contributed by atoms with Gasteiger partial charge in [-0.1, -0.05) is 18.2 Å². The molecule has 1 atom stereocenters. The summed E-state index contributed by atoms with van der Waals surface area (Å²) in [5.41, 5.74) is 3.29. The summed E-state index contributed by atoms with van der Waals surface area (Å²) in [6.07, 6.45) is -0.798. The van der Waals surface area contributed by atoms with Crippen LogP contribution >= 0.6 is 15.9 Å². The van der Waals surface area contributed by atoms with Crippen LogP contribution in [0.15, 0.2) is 69.6 Å². The predicted octanol–water partition coefficient (Wildman–Crippen LogP) is 6.46. The van der Waals surface area contributed by atoms with Crippen molar-refractivity contribution in [2.24, 2.45) is 0 Å². The molecule has 0 fully saturated rings. The van der Waals surface area contributed by atoms with Crippen molar-refractivity contribution in [3.8, 4) is 11.5 Å². The maximum Gasteiger partial charge on any atom is 0.265 e. The maximum absolute atomic E-state index is 13.4. The van der Waals surface area contributed by atoms with Crippen LogP contribution in [-0.4, -0.2) is 24.9 Å². The van der Waals surface area contributed by atoms with Gasteiger partial charge in [-0.3, -0.25) is 9.59 Å². The van der Waals surface area contributed by atoms with Crippen LogP contribution in [0.4, 0.5) is 5.69 Å². The summed E-state index contributed by atoms with van der Waals surface area (Å²) in [5, 5.41) is 3.49. The third kappa shape index (κ3) is 4.84. The highest BCUT2D eigenvalue weighted by atomic mass is 79.9. The largest absolute Gasteiger partial charge is 0.496 e. The number of furan rings is 1. The number of halogens is 1. The van der Waals surface area contributed by atoms with Crippen molar-refractivity contribution in [3.05, 3.63) is 87.6 Å². The molecule has 0 radical (unpaired) electrons. The van der Waals surface area contributed by atoms with Gasteiger partial charge in [0.25, 0.3) is 5.91 Å². The third-order valence-electron chi connectivity index (χ3n) is 5.34. The molecule has 0 saturated heterocycles. The molecular formula is C27H24BrNO5. The number of methoxy groups -OCH3 is 1. The van der Waals surface area contributed by atoms with Gasteiger partial charge in [0.15, 0.2) is 11.9 Å². The number of carbonyl (C=O) groups excluding carboxylic acids is 2. The molecule has 1 aromatic heterocycles. The smallest absolute Gasteiger partial charge is 0.265 e. The van der Waals surface area contributed by atoms with Gasteiger partial charge in [0.1, 0.15) is 17.1 Å². The number of aryl methyl sites for hydroxylation is 2. The highest BCUT2D eigenvalue weighted by Gasteiger charge is 2.26. The van der Waals surface area contributed by atoms with Crippen LogP contribution < -0.4 is 14.8 Å². The lowest BCUT2D eigenvalue weighted by molar-refractivity contribution is -0.122. The van der Waals surface area contributed by atoms with Crippen molar-refractivity contribution in [2.75, 3.05) is 12.4 Å². The van der Waals surface area contributed by atoms with Crippen molar-refractivity contribution in [2.45, 2.75) is 26.9 Å². The van der Waals surface area contributed by atoms with Crippen molar-refractivity contribution in [3.63, 3.8) is 0 Å². The van der Waals surface area contributed by atoms with Crippen LogP contribution in [0.25, 0.3) is 11.0 Å². The van der Waals surface area contributed by atoms with Crippen LogP contribution in [0.1, 0.15) is 34.2 Å². The Morgan fingerprint density at radius 3 is 2.38 bits per heavy atom. The number of amides is 1. The fourth-order valence-electron chi connectivity index (χ4n) is 3.75. The summed E-state index contributed by atoms with van der Waals surface area (Å²) in [7, 11) is 1.55. The van der Waals surface area contributed by atoms with E-state index in [4.69, 9.17) is 13.9 Å². The molecule has 174 valence electrons. The number of rotatable bonds is 7. The van der Waals surface area contributed by atoms with E-state index >= 15 is 0 Å². The molecule has 0 saturated carbocycles. The molecule has 4 aromatic rings. The Balaban J connectivity index is 1.65. The Morgan fingerprint density at radius 2 is 1.71 bits per heavy atom. The zero-order valence-electron chi connectivity index (χ0n) is 19.3. The summed E-state index contributed by atoms with van der Waals surface area (Å²) >= 11 is 3.41. The predicted molar refractivity (Wildman–Crippen MR) is 135 cm³/mol. The van der Waals surface area contributed by atoms with E-state index in [1.165, 1.54) is 0 Å². The molecule has 34 heavy (non-hydrogen) atoms. The van der Waals surface area contributed by atoms with E-state index < -0.39 is 12.0 Å². The van der Waals surface area contributed by atoms with Crippen LogP contribution in [0, 0.1) is 13.8 Å². The van der Waals surface area contributed by atoms with Gasteiger partial charge in [-0.2, -0.15) is 0 Å². The van der Waals surface area contributed by atoms with E-state index in [0.29, 0.717) is 38.2 Å². The van der Waals surface area contributed by atoms with Crippen LogP contribution in [0.3, 0.4) is 0 Å². The van der Waals surface area contributed by atoms with Gasteiger partial charge in [-0.15, -0.1) is 0 Å². The zero-order chi connectivity index (χ0) is 24.4. The van der Waals surface area contributed by atoms with E-state index in [1.807, 2.05) is 44.2 Å². The minimum absolute atomic E-state index is 0.0465. The Bertz CT molecular complexity index is 1370. The molecule has 1 N–H and O–H groups in total. The third-order valence-corrected chi connectivity index (χ3v) is 5.96. The normalized spacial score (nSPS) is 11.8. The molecule has 6 nitrogen and oxygen atoms in total. The number of carbonyl (C=O) groups is 2. The summed E-state index contributed by atoms with van der Waals surface area (Å²) in [6, 6.07) is 18.0. The quantitative estimate of drug-likeness (QED) is 0.282. The Kier molecular flexibility index (Phi) is 6.75. The highest BCUT2D eigenvalue weighted by Crippen LogP contribution is 2.34. The number of para-hydroxylation sites is 1. The first kappa shape index (κ1) is 23.6. The number of benzene rings is 3. The molecule has 1 heterocycles. The molecule has 4 rings (SSSR count). The second-order valence-corrected chi connectivity index (χ2v) is 8.91. The van der Waals surface area contributed by atoms with E-state index in [1.54, 1.807) is 44.4 Å². The van der Waals surface area contributed by atoms with Gasteiger partial charge in [0, 0.05) is 10.9 Å². The number of ether oxygens (including phenoxy) is 2. The van der Waals surface area contributed by atoms with Crippen LogP contribution in [0.5, 0.6) is 11.5 Å². The number of hydrogen-bond acceptors (Lipinski definition) is 5. The number of ketones is 1. The molecule has 0 aliphatic heterocycles. The first-order valence-electron chi connectivity index (χ1n) is 10.7. The number of hydrogen-bond donors (Lipinski definition) is 1. The summed E-state index contributed by atoms with van der Waals surface area (Å²) in [6.45, 7) is 5.60. The lowest BCUT2D eigenvalue weighted by Crippen LogP contribution is -2.30. The van der Waals surface area contributed by atoms with Gasteiger partial charge < -0.3 is 19.2 Å². The van der Waals surface area contributed by atoms with Crippen molar-refractivity contribution >= 4 is 44.3 Å². The van der Waals surface area contributed by atoms with Crippen LogP contribution in [-0.2, 0) is 4.79 Å². The minimum Gasteiger partial charge on any atom is -0.496 e. The van der Waals surface area contributed by atoms with Gasteiger partial charge in [-0.05, 0) is 90.3 Å². The monoisotopic (exact) mass is 521 g/mol. The highest BCUT2D eigenvalue weighted by molar-refractivity contribution is 9.10. The Hall–Kier alpha value is -3.58. The molecule has 3 aromatic carbocycles. The average Bonchev–Trinajstić information content (AvgIpc) is 3.16. The number of nitrogens with one attached hydrogen (secondary N) is 1. The molecule has 0 spiro atoms. The van der Waals surface area contributed by atoms with Crippen molar-refractivity contribution in [1.82, 2.24) is 0 Å². The fourth-order valence-corrected chi connectivity index (χ4v) is 4.29. The van der Waals surface area contributed by atoms with Gasteiger partial charge in [-0.25, -0.2) is 0 Å². The Labute approximate surface area is 206 Å². The average molecular weight is 522 g/mol. The lowest BCUT2D eigenvalue weighted by Gasteiger charge is -2.16. The van der Waals surface area contributed by atoms with Crippen molar-refractivity contribution < 1.29 is 23.5 Å². The zero-order valence-corrected chi connectivity index (χ0v) is 20.9. The summed E-state index contributed by atoms with van der Waals surface area (Å²) < 4.78 is 17.7. The molecule has 0 aliphatic rings. The second-order valence-electron chi connectivity index (χ2n) is 8.05. The lowest BCUT2D eigenvalue weighted by atomic mass is 10.1. The van der Waals surface area contributed by atoms with Crippen molar-refractivity contribution in [1.29, 1.82) is 0 Å². The fraction of sp³-hybridized carbons (Fsp3) is 0.185. The van der Waals surface area contributed by atoms with E-state index in [-0.39, 0.29) is 11.5 Å². The van der Waals surface area contributed by atoms with Gasteiger partial charge in [0.05, 0.1) is 17.3 Å². The topological polar surface area (TPSA) is 77.8 Å². The van der Waals surface area contributed by atoms with E-state index in [2.05, 4.69) is 21.2 Å². The molecule has 0 bridgehead atoms. The van der Waals surface area contributed by atoms with Crippen LogP contribution in [0.2, 0.25) is 0 Å². The molecule has 0 aliphatic carbocycles. The van der Waals surface area contributed by atoms with Gasteiger partial charge >= 0.3 is 0 Å². The van der Waals surface area contributed by atoms with Gasteiger partial charge in [0.2, 0.25) is 5.78 Å². The van der Waals surface area contributed by atoms with E-state index in [9.17, 15) is 9.59 Å². The first-order chi connectivity index (χ1) is 16.3. The van der Waals surface area contributed by atoms with E-state index in [0.717, 1.165) is 11.1 Å². The molecule has 1 amide bonds. The number of anilines is 1. The summed E-state index contributed by atoms with van der Waals surface area (Å²) in [4.78, 5) is 26.4.